The van der Waals surface area contributed by atoms with Crippen LogP contribution in [-0.2, 0) is 28.7 Å². The fourth-order valence-electron chi connectivity index (χ4n) is 4.01. The summed E-state index contributed by atoms with van der Waals surface area (Å²) in [5, 5.41) is 5.21. The maximum atomic E-state index is 12.7. The van der Waals surface area contributed by atoms with Gasteiger partial charge in [-0.05, 0) is 44.4 Å². The molecule has 2 N–H and O–H groups in total. The van der Waals surface area contributed by atoms with E-state index < -0.39 is 23.9 Å². The standard InChI is InChI=1S/C25H42N2O6/c1-7-12-16-25(15-8-2,19(6)9-3)17-21(28)26-18-22(29)27-20(24(31)33-11-5)13-14-23(30)32-10-4/h1,19-20H,8-18H2,2-6H3,(H,26,28)(H,27,29). The topological polar surface area (TPSA) is 111 Å². The van der Waals surface area contributed by atoms with Crippen molar-refractivity contribution in [3.05, 3.63) is 0 Å². The lowest BCUT2D eigenvalue weighted by molar-refractivity contribution is -0.148. The minimum Gasteiger partial charge on any atom is -0.466 e. The van der Waals surface area contributed by atoms with Crippen molar-refractivity contribution in [1.82, 2.24) is 10.6 Å². The van der Waals surface area contributed by atoms with Crippen LogP contribution in [-0.4, -0.2) is 49.6 Å². The molecule has 2 amide bonds. The van der Waals surface area contributed by atoms with Gasteiger partial charge in [0.05, 0.1) is 19.8 Å². The molecule has 0 aromatic carbocycles. The number of nitrogens with one attached hydrogen (secondary N) is 2. The van der Waals surface area contributed by atoms with Crippen molar-refractivity contribution in [2.24, 2.45) is 11.3 Å². The number of terminal acetylenes is 1. The molecule has 0 aromatic heterocycles. The molecule has 3 atom stereocenters. The van der Waals surface area contributed by atoms with Crippen LogP contribution in [0.3, 0.4) is 0 Å². The fourth-order valence-corrected chi connectivity index (χ4v) is 4.01. The van der Waals surface area contributed by atoms with E-state index >= 15 is 0 Å². The van der Waals surface area contributed by atoms with Crippen LogP contribution in [0.1, 0.15) is 86.0 Å². The molecule has 0 radical (unpaired) electrons. The molecule has 0 bridgehead atoms. The molecule has 8 nitrogen and oxygen atoms in total. The highest BCUT2D eigenvalue weighted by atomic mass is 16.5. The van der Waals surface area contributed by atoms with E-state index in [0.29, 0.717) is 12.3 Å². The third-order valence-corrected chi connectivity index (χ3v) is 5.98. The van der Waals surface area contributed by atoms with Gasteiger partial charge in [0.1, 0.15) is 6.04 Å². The van der Waals surface area contributed by atoms with E-state index in [4.69, 9.17) is 15.9 Å². The first-order valence-corrected chi connectivity index (χ1v) is 12.0. The number of ether oxygens (including phenoxy) is 2. The number of hydrogen-bond acceptors (Lipinski definition) is 6. The Labute approximate surface area is 198 Å². The first kappa shape index (κ1) is 30.4. The number of amides is 2. The van der Waals surface area contributed by atoms with Gasteiger partial charge >= 0.3 is 11.9 Å². The number of hydrogen-bond donors (Lipinski definition) is 2. The molecule has 0 aliphatic rings. The summed E-state index contributed by atoms with van der Waals surface area (Å²) in [6.07, 6.45) is 9.88. The summed E-state index contributed by atoms with van der Waals surface area (Å²) in [6, 6.07) is -0.992. The van der Waals surface area contributed by atoms with Crippen LogP contribution in [0.4, 0.5) is 0 Å². The van der Waals surface area contributed by atoms with Crippen LogP contribution < -0.4 is 10.6 Å². The molecule has 0 aliphatic carbocycles. The van der Waals surface area contributed by atoms with E-state index in [9.17, 15) is 19.2 Å². The Morgan fingerprint density at radius 2 is 1.67 bits per heavy atom. The number of carbonyl (C=O) groups excluding carboxylic acids is 4. The van der Waals surface area contributed by atoms with Crippen LogP contribution in [0.5, 0.6) is 0 Å². The van der Waals surface area contributed by atoms with Gasteiger partial charge in [-0.2, -0.15) is 0 Å². The van der Waals surface area contributed by atoms with Crippen LogP contribution in [0, 0.1) is 23.7 Å². The first-order valence-electron chi connectivity index (χ1n) is 12.0. The maximum Gasteiger partial charge on any atom is 0.328 e. The molecule has 188 valence electrons. The lowest BCUT2D eigenvalue weighted by Gasteiger charge is -2.38. The van der Waals surface area contributed by atoms with E-state index in [2.05, 4.69) is 37.3 Å². The molecule has 3 unspecified atom stereocenters. The number of carbonyl (C=O) groups is 4. The van der Waals surface area contributed by atoms with Crippen molar-refractivity contribution >= 4 is 23.8 Å². The van der Waals surface area contributed by atoms with Crippen LogP contribution in [0.15, 0.2) is 0 Å². The van der Waals surface area contributed by atoms with E-state index in [0.717, 1.165) is 25.7 Å². The molecular formula is C25H42N2O6. The second-order valence-electron chi connectivity index (χ2n) is 8.30. The summed E-state index contributed by atoms with van der Waals surface area (Å²) < 4.78 is 9.85. The quantitative estimate of drug-likeness (QED) is 0.252. The average molecular weight is 467 g/mol. The van der Waals surface area contributed by atoms with Gasteiger partial charge in [-0.15, -0.1) is 12.3 Å². The van der Waals surface area contributed by atoms with Gasteiger partial charge in [-0.3, -0.25) is 14.4 Å². The molecule has 0 fully saturated rings. The third kappa shape index (κ3) is 11.7. The van der Waals surface area contributed by atoms with Crippen molar-refractivity contribution < 1.29 is 28.7 Å². The number of rotatable bonds is 17. The Bertz CT molecular complexity index is 672. The van der Waals surface area contributed by atoms with Gasteiger partial charge in [0.25, 0.3) is 0 Å². The molecule has 0 spiro atoms. The molecule has 0 aliphatic heterocycles. The lowest BCUT2D eigenvalue weighted by atomic mass is 9.66. The molecule has 0 heterocycles. The fraction of sp³-hybridized carbons (Fsp3) is 0.760. The van der Waals surface area contributed by atoms with E-state index in [1.165, 1.54) is 0 Å². The predicted molar refractivity (Wildman–Crippen MR) is 127 cm³/mol. The monoisotopic (exact) mass is 466 g/mol. The highest BCUT2D eigenvalue weighted by Crippen LogP contribution is 2.42. The SMILES string of the molecule is C#CCCC(CCC)(CC(=O)NCC(=O)NC(CCC(=O)OCC)C(=O)OCC)C(C)CC. The van der Waals surface area contributed by atoms with E-state index in [1.807, 2.05) is 0 Å². The Hall–Kier alpha value is -2.56. The summed E-state index contributed by atoms with van der Waals surface area (Å²) in [7, 11) is 0. The smallest absolute Gasteiger partial charge is 0.328 e. The Morgan fingerprint density at radius 1 is 1.00 bits per heavy atom. The highest BCUT2D eigenvalue weighted by Gasteiger charge is 2.36. The normalized spacial score (nSPS) is 14.2. The largest absolute Gasteiger partial charge is 0.466 e. The molecule has 33 heavy (non-hydrogen) atoms. The van der Waals surface area contributed by atoms with Crippen molar-refractivity contribution in [2.45, 2.75) is 92.0 Å². The lowest BCUT2D eigenvalue weighted by Crippen LogP contribution is -2.47. The maximum absolute atomic E-state index is 12.7. The minimum atomic E-state index is -0.992. The predicted octanol–water partition coefficient (Wildman–Crippen LogP) is 3.13. The zero-order valence-corrected chi connectivity index (χ0v) is 21.0. The van der Waals surface area contributed by atoms with E-state index in [1.54, 1.807) is 13.8 Å². The zero-order valence-electron chi connectivity index (χ0n) is 21.0. The van der Waals surface area contributed by atoms with Crippen molar-refractivity contribution in [3.8, 4) is 12.3 Å². The summed E-state index contributed by atoms with van der Waals surface area (Å²) >= 11 is 0. The van der Waals surface area contributed by atoms with Gasteiger partial charge in [-0.1, -0.05) is 33.6 Å². The minimum absolute atomic E-state index is 0.0341. The summed E-state index contributed by atoms with van der Waals surface area (Å²) in [6.45, 7) is 9.78. The number of esters is 2. The van der Waals surface area contributed by atoms with Gasteiger partial charge in [0.15, 0.2) is 0 Å². The van der Waals surface area contributed by atoms with Gasteiger partial charge in [-0.25, -0.2) is 4.79 Å². The second kappa shape index (κ2) is 17.0. The third-order valence-electron chi connectivity index (χ3n) is 5.98. The van der Waals surface area contributed by atoms with Crippen molar-refractivity contribution in [1.29, 1.82) is 0 Å². The van der Waals surface area contributed by atoms with Crippen LogP contribution >= 0.6 is 0 Å². The van der Waals surface area contributed by atoms with Crippen molar-refractivity contribution in [3.63, 3.8) is 0 Å². The highest BCUT2D eigenvalue weighted by molar-refractivity contribution is 5.88. The molecule has 0 saturated heterocycles. The molecular weight excluding hydrogens is 424 g/mol. The molecule has 0 aromatic rings. The van der Waals surface area contributed by atoms with E-state index in [-0.39, 0.29) is 50.3 Å². The summed E-state index contributed by atoms with van der Waals surface area (Å²) in [5.74, 6) is 1.14. The summed E-state index contributed by atoms with van der Waals surface area (Å²) in [5.41, 5.74) is -0.219. The Kier molecular flexibility index (Phi) is 15.7. The Morgan fingerprint density at radius 3 is 2.21 bits per heavy atom. The van der Waals surface area contributed by atoms with Crippen molar-refractivity contribution in [2.75, 3.05) is 19.8 Å². The molecule has 0 saturated carbocycles. The van der Waals surface area contributed by atoms with Gasteiger partial charge in [0.2, 0.25) is 11.8 Å². The second-order valence-corrected chi connectivity index (χ2v) is 8.30. The molecule has 0 rings (SSSR count). The van der Waals surface area contributed by atoms with Gasteiger partial charge < -0.3 is 20.1 Å². The Balaban J connectivity index is 5.03. The molecule has 8 heteroatoms. The first-order chi connectivity index (χ1) is 15.7. The van der Waals surface area contributed by atoms with Crippen LogP contribution in [0.25, 0.3) is 0 Å². The summed E-state index contributed by atoms with van der Waals surface area (Å²) in [4.78, 5) is 48.9. The van der Waals surface area contributed by atoms with Crippen LogP contribution in [0.2, 0.25) is 0 Å². The van der Waals surface area contributed by atoms with Gasteiger partial charge in [0, 0.05) is 19.3 Å². The average Bonchev–Trinajstić information content (AvgIpc) is 2.78. The zero-order chi connectivity index (χ0) is 25.3.